The van der Waals surface area contributed by atoms with Crippen molar-refractivity contribution < 1.29 is 13.9 Å². The number of benzene rings is 1. The van der Waals surface area contributed by atoms with Crippen LogP contribution in [0.15, 0.2) is 33.7 Å². The molecule has 0 aliphatic carbocycles. The normalized spacial score (nSPS) is 12.8. The number of hydrogen-bond acceptors (Lipinski definition) is 4. The van der Waals surface area contributed by atoms with Crippen LogP contribution in [0.4, 0.5) is 0 Å². The highest BCUT2D eigenvalue weighted by molar-refractivity contribution is 14.0. The summed E-state index contributed by atoms with van der Waals surface area (Å²) in [5.41, 5.74) is 0.358. The van der Waals surface area contributed by atoms with E-state index in [1.165, 1.54) is 0 Å². The average Bonchev–Trinajstić information content (AvgIpc) is 3.08. The van der Waals surface area contributed by atoms with Gasteiger partial charge in [0, 0.05) is 30.9 Å². The van der Waals surface area contributed by atoms with E-state index in [9.17, 15) is 4.79 Å². The lowest BCUT2D eigenvalue weighted by Gasteiger charge is -2.19. The number of furan rings is 1. The number of rotatable bonds is 7. The quantitative estimate of drug-likeness (QED) is 0.225. The molecule has 1 unspecified atom stereocenters. The highest BCUT2D eigenvalue weighted by atomic mass is 127. The smallest absolute Gasteiger partial charge is 0.225 e. The second-order valence-electron chi connectivity index (χ2n) is 7.63. The summed E-state index contributed by atoms with van der Waals surface area (Å²) in [6, 6.07) is 7.78. The van der Waals surface area contributed by atoms with Gasteiger partial charge in [-0.2, -0.15) is 0 Å². The molecule has 1 aromatic carbocycles. The first kappa shape index (κ1) is 25.1. The van der Waals surface area contributed by atoms with E-state index in [1.807, 2.05) is 58.9 Å². The molecule has 0 aliphatic heterocycles. The summed E-state index contributed by atoms with van der Waals surface area (Å²) >= 11 is 0. The summed E-state index contributed by atoms with van der Waals surface area (Å²) in [5, 5.41) is 10.4. The predicted molar refractivity (Wildman–Crippen MR) is 128 cm³/mol. The van der Waals surface area contributed by atoms with Crippen molar-refractivity contribution in [2.24, 2.45) is 10.4 Å². The molecule has 8 heteroatoms. The Bertz CT molecular complexity index is 827. The molecular formula is C21H33IN4O3. The fraction of sp³-hybridized carbons (Fsp3) is 0.524. The molecule has 2 aromatic rings. The maximum Gasteiger partial charge on any atom is 0.225 e. The molecule has 0 saturated carbocycles. The maximum absolute atomic E-state index is 11.9. The van der Waals surface area contributed by atoms with Crippen LogP contribution in [-0.2, 0) is 4.79 Å². The van der Waals surface area contributed by atoms with Gasteiger partial charge in [0.2, 0.25) is 5.91 Å². The molecular weight excluding hydrogens is 483 g/mol. The van der Waals surface area contributed by atoms with Crippen LogP contribution in [0.3, 0.4) is 0 Å². The molecule has 0 bridgehead atoms. The number of nitrogens with zero attached hydrogens (tertiary/aromatic N) is 1. The van der Waals surface area contributed by atoms with Crippen LogP contribution in [0.2, 0.25) is 0 Å². The van der Waals surface area contributed by atoms with E-state index in [-0.39, 0.29) is 35.9 Å². The number of fused-ring (bicyclic) bond motifs is 1. The largest absolute Gasteiger partial charge is 0.490 e. The van der Waals surface area contributed by atoms with Crippen LogP contribution in [0.1, 0.15) is 46.4 Å². The van der Waals surface area contributed by atoms with Gasteiger partial charge in [0.1, 0.15) is 5.76 Å². The van der Waals surface area contributed by atoms with E-state index in [2.05, 4.69) is 20.9 Å². The van der Waals surface area contributed by atoms with Gasteiger partial charge in [0.15, 0.2) is 17.3 Å². The molecule has 1 atom stereocenters. The molecule has 1 aromatic heterocycles. The van der Waals surface area contributed by atoms with Crippen LogP contribution in [0, 0.1) is 5.41 Å². The van der Waals surface area contributed by atoms with Crippen LogP contribution in [-0.4, -0.2) is 38.6 Å². The molecule has 1 amide bonds. The number of carbonyl (C=O) groups is 1. The Kier molecular flexibility index (Phi) is 9.75. The van der Waals surface area contributed by atoms with Gasteiger partial charge in [0.05, 0.1) is 12.6 Å². The Balaban J connectivity index is 0.00000420. The molecule has 1 heterocycles. The minimum Gasteiger partial charge on any atom is -0.490 e. The van der Waals surface area contributed by atoms with Gasteiger partial charge in [-0.15, -0.1) is 24.0 Å². The molecule has 0 spiro atoms. The van der Waals surface area contributed by atoms with Crippen molar-refractivity contribution in [2.75, 3.05) is 26.7 Å². The number of nitrogens with one attached hydrogen (secondary N) is 3. The van der Waals surface area contributed by atoms with E-state index in [0.29, 0.717) is 25.7 Å². The summed E-state index contributed by atoms with van der Waals surface area (Å²) in [7, 11) is 1.71. The zero-order valence-electron chi connectivity index (χ0n) is 18.1. The second-order valence-corrected chi connectivity index (χ2v) is 7.63. The third kappa shape index (κ3) is 7.09. The Morgan fingerprint density at radius 1 is 1.24 bits per heavy atom. The van der Waals surface area contributed by atoms with Gasteiger partial charge < -0.3 is 25.1 Å². The van der Waals surface area contributed by atoms with Crippen molar-refractivity contribution in [1.82, 2.24) is 16.0 Å². The summed E-state index contributed by atoms with van der Waals surface area (Å²) in [6.45, 7) is 11.3. The van der Waals surface area contributed by atoms with Crippen molar-refractivity contribution in [3.8, 4) is 5.75 Å². The standard InChI is InChI=1S/C21H32N4O3.HI/c1-7-27-16-10-8-9-15-13-17(28-18(15)16)14(2)25-20(22-6)24-12-11-23-19(26)21(3,4)5;/h8-10,13-14H,7,11-12H2,1-6H3,(H,23,26)(H2,22,24,25);1H. The molecule has 0 saturated heterocycles. The number of guanidine groups is 1. The predicted octanol–water partition coefficient (Wildman–Crippen LogP) is 3.84. The lowest BCUT2D eigenvalue weighted by atomic mass is 9.96. The summed E-state index contributed by atoms with van der Waals surface area (Å²) in [4.78, 5) is 16.1. The molecule has 3 N–H and O–H groups in total. The highest BCUT2D eigenvalue weighted by Crippen LogP contribution is 2.31. The van der Waals surface area contributed by atoms with Gasteiger partial charge in [0.25, 0.3) is 0 Å². The van der Waals surface area contributed by atoms with E-state index in [4.69, 9.17) is 9.15 Å². The Morgan fingerprint density at radius 3 is 2.55 bits per heavy atom. The second kappa shape index (κ2) is 11.3. The van der Waals surface area contributed by atoms with Crippen LogP contribution >= 0.6 is 24.0 Å². The fourth-order valence-electron chi connectivity index (χ4n) is 2.63. The molecule has 162 valence electrons. The van der Waals surface area contributed by atoms with E-state index < -0.39 is 5.41 Å². The fourth-order valence-corrected chi connectivity index (χ4v) is 2.63. The third-order valence-corrected chi connectivity index (χ3v) is 4.21. The highest BCUT2D eigenvalue weighted by Gasteiger charge is 2.20. The first-order valence-corrected chi connectivity index (χ1v) is 9.67. The minimum atomic E-state index is -0.393. The first-order chi connectivity index (χ1) is 13.3. The van der Waals surface area contributed by atoms with E-state index >= 15 is 0 Å². The van der Waals surface area contributed by atoms with Crippen LogP contribution < -0.4 is 20.7 Å². The van der Waals surface area contributed by atoms with Crippen molar-refractivity contribution >= 4 is 46.8 Å². The van der Waals surface area contributed by atoms with Crippen LogP contribution in [0.25, 0.3) is 11.0 Å². The van der Waals surface area contributed by atoms with Gasteiger partial charge >= 0.3 is 0 Å². The number of carbonyl (C=O) groups excluding carboxylic acids is 1. The SMILES string of the molecule is CCOc1cccc2cc(C(C)NC(=NC)NCCNC(=O)C(C)(C)C)oc12.I. The molecule has 7 nitrogen and oxygen atoms in total. The number of amides is 1. The van der Waals surface area contributed by atoms with Crippen LogP contribution in [0.5, 0.6) is 5.75 Å². The number of aliphatic imine (C=N–C) groups is 1. The van der Waals surface area contributed by atoms with E-state index in [1.54, 1.807) is 7.05 Å². The zero-order chi connectivity index (χ0) is 20.7. The number of hydrogen-bond donors (Lipinski definition) is 3. The van der Waals surface area contributed by atoms with Crippen molar-refractivity contribution in [2.45, 2.75) is 40.7 Å². The number of para-hydroxylation sites is 1. The topological polar surface area (TPSA) is 87.9 Å². The molecule has 29 heavy (non-hydrogen) atoms. The van der Waals surface area contributed by atoms with Gasteiger partial charge in [-0.25, -0.2) is 0 Å². The molecule has 2 rings (SSSR count). The van der Waals surface area contributed by atoms with Crippen molar-refractivity contribution in [3.05, 3.63) is 30.0 Å². The number of ether oxygens (including phenoxy) is 1. The van der Waals surface area contributed by atoms with Crippen molar-refractivity contribution in [3.63, 3.8) is 0 Å². The molecule has 0 radical (unpaired) electrons. The maximum atomic E-state index is 11.9. The lowest BCUT2D eigenvalue weighted by Crippen LogP contribution is -2.44. The Hall–Kier alpha value is -1.97. The van der Waals surface area contributed by atoms with Gasteiger partial charge in [-0.05, 0) is 26.0 Å². The summed E-state index contributed by atoms with van der Waals surface area (Å²) in [6.07, 6.45) is 0. The third-order valence-electron chi connectivity index (χ3n) is 4.21. The molecule has 0 aliphatic rings. The van der Waals surface area contributed by atoms with Gasteiger partial charge in [-0.3, -0.25) is 9.79 Å². The Labute approximate surface area is 190 Å². The summed E-state index contributed by atoms with van der Waals surface area (Å²) in [5.74, 6) is 2.21. The zero-order valence-corrected chi connectivity index (χ0v) is 20.4. The molecule has 0 fully saturated rings. The van der Waals surface area contributed by atoms with Gasteiger partial charge in [-0.1, -0.05) is 32.9 Å². The van der Waals surface area contributed by atoms with E-state index in [0.717, 1.165) is 22.5 Å². The minimum absolute atomic E-state index is 0. The summed E-state index contributed by atoms with van der Waals surface area (Å²) < 4.78 is 11.7. The number of halogens is 1. The Morgan fingerprint density at radius 2 is 1.93 bits per heavy atom. The first-order valence-electron chi connectivity index (χ1n) is 9.67. The lowest BCUT2D eigenvalue weighted by molar-refractivity contribution is -0.128. The van der Waals surface area contributed by atoms with Crippen molar-refractivity contribution in [1.29, 1.82) is 0 Å². The average molecular weight is 516 g/mol. The monoisotopic (exact) mass is 516 g/mol.